The van der Waals surface area contributed by atoms with Crippen LogP contribution in [0.25, 0.3) is 0 Å². The molecule has 0 saturated carbocycles. The highest BCUT2D eigenvalue weighted by atomic mass is 19.1. The summed E-state index contributed by atoms with van der Waals surface area (Å²) in [6.07, 6.45) is 6.02. The van der Waals surface area contributed by atoms with Gasteiger partial charge in [-0.05, 0) is 48.9 Å². The number of nitrogens with one attached hydrogen (secondary N) is 1. The highest BCUT2D eigenvalue weighted by Crippen LogP contribution is 2.39. The van der Waals surface area contributed by atoms with Crippen molar-refractivity contribution in [1.29, 1.82) is 0 Å². The highest BCUT2D eigenvalue weighted by Gasteiger charge is 2.36. The lowest BCUT2D eigenvalue weighted by molar-refractivity contribution is 0.202. The number of hydrogen-bond acceptors (Lipinski definition) is 1. The summed E-state index contributed by atoms with van der Waals surface area (Å²) < 4.78 is 13.2. The number of hydrogen-bond donors (Lipinski definition) is 1. The van der Waals surface area contributed by atoms with Gasteiger partial charge in [0.1, 0.15) is 5.82 Å². The lowest BCUT2D eigenvalue weighted by Crippen LogP contribution is -2.44. The van der Waals surface area contributed by atoms with Crippen molar-refractivity contribution >= 4 is 0 Å². The quantitative estimate of drug-likeness (QED) is 0.821. The molecule has 106 valence electrons. The summed E-state index contributed by atoms with van der Waals surface area (Å²) in [5, 5.41) is 3.76. The van der Waals surface area contributed by atoms with Gasteiger partial charge in [0, 0.05) is 5.54 Å². The molecule has 0 aromatic heterocycles. The number of benzene rings is 1. The van der Waals surface area contributed by atoms with Crippen molar-refractivity contribution in [3.63, 3.8) is 0 Å². The lowest BCUT2D eigenvalue weighted by atomic mass is 9.73. The summed E-state index contributed by atoms with van der Waals surface area (Å²) >= 11 is 0. The predicted octanol–water partition coefficient (Wildman–Crippen LogP) is 4.62. The minimum atomic E-state index is -0.150. The monoisotopic (exact) mass is 263 g/mol. The van der Waals surface area contributed by atoms with Gasteiger partial charge in [-0.3, -0.25) is 0 Å². The van der Waals surface area contributed by atoms with Gasteiger partial charge in [0.15, 0.2) is 0 Å². The van der Waals surface area contributed by atoms with Gasteiger partial charge in [-0.15, -0.1) is 0 Å². The van der Waals surface area contributed by atoms with Crippen molar-refractivity contribution in [2.75, 3.05) is 6.54 Å². The minimum absolute atomic E-state index is 0.0163. The molecule has 1 unspecified atom stereocenters. The third-order valence-corrected chi connectivity index (χ3v) is 3.97. The van der Waals surface area contributed by atoms with E-state index in [1.807, 2.05) is 12.1 Å². The van der Waals surface area contributed by atoms with E-state index in [-0.39, 0.29) is 16.8 Å². The highest BCUT2D eigenvalue weighted by molar-refractivity contribution is 5.26. The van der Waals surface area contributed by atoms with E-state index >= 15 is 0 Å². The van der Waals surface area contributed by atoms with E-state index in [9.17, 15) is 4.39 Å². The molecule has 2 heteroatoms. The Hall–Kier alpha value is -0.890. The molecule has 0 radical (unpaired) electrons. The largest absolute Gasteiger partial charge is 0.307 e. The summed E-state index contributed by atoms with van der Waals surface area (Å²) in [5.41, 5.74) is 1.51. The molecule has 1 fully saturated rings. The van der Waals surface area contributed by atoms with E-state index in [0.717, 1.165) is 19.4 Å². The van der Waals surface area contributed by atoms with E-state index < -0.39 is 0 Å². The van der Waals surface area contributed by atoms with Gasteiger partial charge in [0.25, 0.3) is 0 Å². The number of halogens is 1. The molecule has 0 aliphatic carbocycles. The smallest absolute Gasteiger partial charge is 0.123 e. The Bertz CT molecular complexity index is 394. The summed E-state index contributed by atoms with van der Waals surface area (Å²) in [6, 6.07) is 7.09. The SMILES string of the molecule is CC(C)(C)CC1(c2ccc(F)cc2)CCCCCN1. The van der Waals surface area contributed by atoms with Gasteiger partial charge in [0.2, 0.25) is 0 Å². The fourth-order valence-corrected chi connectivity index (χ4v) is 3.32. The number of rotatable bonds is 2. The first kappa shape index (κ1) is 14.5. The van der Waals surface area contributed by atoms with Crippen LogP contribution in [-0.4, -0.2) is 6.54 Å². The summed E-state index contributed by atoms with van der Waals surface area (Å²) in [6.45, 7) is 7.91. The maximum absolute atomic E-state index is 13.2. The molecule has 1 aromatic rings. The zero-order valence-electron chi connectivity index (χ0n) is 12.4. The normalized spacial score (nSPS) is 25.1. The van der Waals surface area contributed by atoms with Crippen molar-refractivity contribution in [2.24, 2.45) is 5.41 Å². The van der Waals surface area contributed by atoms with Gasteiger partial charge in [-0.1, -0.05) is 45.7 Å². The Morgan fingerprint density at radius 2 is 1.79 bits per heavy atom. The molecule has 1 N–H and O–H groups in total. The third kappa shape index (κ3) is 3.79. The fourth-order valence-electron chi connectivity index (χ4n) is 3.32. The summed E-state index contributed by atoms with van der Waals surface area (Å²) in [5.74, 6) is -0.150. The Labute approximate surface area is 116 Å². The van der Waals surface area contributed by atoms with E-state index in [1.165, 1.54) is 24.8 Å². The van der Waals surface area contributed by atoms with Crippen LogP contribution in [-0.2, 0) is 5.54 Å². The van der Waals surface area contributed by atoms with Crippen LogP contribution >= 0.6 is 0 Å². The molecule has 2 rings (SSSR count). The van der Waals surface area contributed by atoms with Crippen LogP contribution < -0.4 is 5.32 Å². The van der Waals surface area contributed by atoms with Gasteiger partial charge in [-0.25, -0.2) is 4.39 Å². The van der Waals surface area contributed by atoms with Crippen LogP contribution in [0.4, 0.5) is 4.39 Å². The average Bonchev–Trinajstić information content (AvgIpc) is 2.54. The minimum Gasteiger partial charge on any atom is -0.307 e. The Balaban J connectivity index is 2.34. The van der Waals surface area contributed by atoms with Gasteiger partial charge < -0.3 is 5.32 Å². The van der Waals surface area contributed by atoms with Gasteiger partial charge in [-0.2, -0.15) is 0 Å². The lowest BCUT2D eigenvalue weighted by Gasteiger charge is -2.39. The molecular weight excluding hydrogens is 237 g/mol. The van der Waals surface area contributed by atoms with Crippen molar-refractivity contribution in [3.8, 4) is 0 Å². The predicted molar refractivity (Wildman–Crippen MR) is 78.6 cm³/mol. The third-order valence-electron chi connectivity index (χ3n) is 3.97. The van der Waals surface area contributed by atoms with Crippen LogP contribution in [0.3, 0.4) is 0 Å². The molecule has 0 spiro atoms. The molecule has 19 heavy (non-hydrogen) atoms. The van der Waals surface area contributed by atoms with Gasteiger partial charge in [0.05, 0.1) is 0 Å². The maximum Gasteiger partial charge on any atom is 0.123 e. The Morgan fingerprint density at radius 1 is 1.11 bits per heavy atom. The molecule has 1 atom stereocenters. The molecule has 1 aromatic carbocycles. The van der Waals surface area contributed by atoms with Crippen LogP contribution in [0.15, 0.2) is 24.3 Å². The topological polar surface area (TPSA) is 12.0 Å². The van der Waals surface area contributed by atoms with Crippen molar-refractivity contribution < 1.29 is 4.39 Å². The molecule has 1 heterocycles. The molecule has 0 bridgehead atoms. The first-order valence-electron chi connectivity index (χ1n) is 7.42. The first-order valence-corrected chi connectivity index (χ1v) is 7.42. The standard InChI is InChI=1S/C17H26FN/c1-16(2,3)13-17(11-5-4-6-12-19-17)14-7-9-15(18)10-8-14/h7-10,19H,4-6,11-13H2,1-3H3. The van der Waals surface area contributed by atoms with Crippen LogP contribution in [0.5, 0.6) is 0 Å². The molecular formula is C17H26FN. The van der Waals surface area contributed by atoms with Crippen molar-refractivity contribution in [2.45, 2.75) is 58.4 Å². The second-order valence-corrected chi connectivity index (χ2v) is 7.06. The Kier molecular flexibility index (Phi) is 4.29. The Morgan fingerprint density at radius 3 is 2.42 bits per heavy atom. The second-order valence-electron chi connectivity index (χ2n) is 7.06. The van der Waals surface area contributed by atoms with E-state index in [1.54, 1.807) is 12.1 Å². The van der Waals surface area contributed by atoms with E-state index in [0.29, 0.717) is 0 Å². The van der Waals surface area contributed by atoms with Crippen LogP contribution in [0, 0.1) is 11.2 Å². The van der Waals surface area contributed by atoms with Crippen LogP contribution in [0.1, 0.15) is 58.4 Å². The van der Waals surface area contributed by atoms with E-state index in [4.69, 9.17) is 0 Å². The second kappa shape index (κ2) is 5.62. The average molecular weight is 263 g/mol. The van der Waals surface area contributed by atoms with Crippen molar-refractivity contribution in [3.05, 3.63) is 35.6 Å². The molecule has 1 saturated heterocycles. The summed E-state index contributed by atoms with van der Waals surface area (Å²) in [7, 11) is 0. The molecule has 1 aliphatic heterocycles. The molecule has 1 aliphatic rings. The zero-order valence-corrected chi connectivity index (χ0v) is 12.4. The first-order chi connectivity index (χ1) is 8.91. The van der Waals surface area contributed by atoms with E-state index in [2.05, 4.69) is 26.1 Å². The molecule has 0 amide bonds. The summed E-state index contributed by atoms with van der Waals surface area (Å²) in [4.78, 5) is 0. The molecule has 1 nitrogen and oxygen atoms in total. The van der Waals surface area contributed by atoms with Crippen LogP contribution in [0.2, 0.25) is 0 Å². The zero-order chi connectivity index (χ0) is 13.9. The maximum atomic E-state index is 13.2. The fraction of sp³-hybridized carbons (Fsp3) is 0.647. The van der Waals surface area contributed by atoms with Gasteiger partial charge >= 0.3 is 0 Å². The van der Waals surface area contributed by atoms with Crippen molar-refractivity contribution in [1.82, 2.24) is 5.32 Å².